The van der Waals surface area contributed by atoms with Gasteiger partial charge in [-0.3, -0.25) is 4.79 Å². The Kier molecular flexibility index (Phi) is 4.30. The van der Waals surface area contributed by atoms with E-state index < -0.39 is 5.63 Å². The number of halogens is 1. The second-order valence-electron chi connectivity index (χ2n) is 5.12. The van der Waals surface area contributed by atoms with Crippen LogP contribution < -0.4 is 10.4 Å². The Hall–Kier alpha value is -2.40. The molecule has 0 aliphatic heterocycles. The highest BCUT2D eigenvalue weighted by molar-refractivity contribution is 9.10. The summed E-state index contributed by atoms with van der Waals surface area (Å²) in [6.07, 6.45) is 0. The zero-order chi connectivity index (χ0) is 16.4. The summed E-state index contributed by atoms with van der Waals surface area (Å²) in [6.45, 7) is 1.38. The van der Waals surface area contributed by atoms with Gasteiger partial charge in [0.2, 0.25) is 0 Å². The van der Waals surface area contributed by atoms with Gasteiger partial charge in [-0.25, -0.2) is 4.79 Å². The maximum atomic E-state index is 12.3. The Balaban J connectivity index is 2.10. The fourth-order valence-electron chi connectivity index (χ4n) is 2.24. The third kappa shape index (κ3) is 3.35. The lowest BCUT2D eigenvalue weighted by molar-refractivity contribution is -0.118. The summed E-state index contributed by atoms with van der Waals surface area (Å²) >= 11 is 3.37. The molecule has 0 aliphatic carbocycles. The van der Waals surface area contributed by atoms with Gasteiger partial charge in [-0.2, -0.15) is 0 Å². The van der Waals surface area contributed by atoms with Crippen LogP contribution in [0.3, 0.4) is 0 Å². The molecule has 1 aromatic heterocycles. The van der Waals surface area contributed by atoms with E-state index >= 15 is 0 Å². The molecule has 3 rings (SSSR count). The van der Waals surface area contributed by atoms with Gasteiger partial charge in [0.05, 0.1) is 5.56 Å². The topological polar surface area (TPSA) is 56.5 Å². The number of ketones is 1. The molecular formula is C18H13BrO4. The number of para-hydroxylation sites is 1. The van der Waals surface area contributed by atoms with E-state index in [0.29, 0.717) is 16.9 Å². The predicted molar refractivity (Wildman–Crippen MR) is 91.8 cm³/mol. The van der Waals surface area contributed by atoms with E-state index in [0.717, 1.165) is 15.4 Å². The molecule has 0 atom stereocenters. The van der Waals surface area contributed by atoms with Crippen LogP contribution in [0.2, 0.25) is 0 Å². The highest BCUT2D eigenvalue weighted by atomic mass is 79.9. The molecule has 0 spiro atoms. The molecule has 0 saturated heterocycles. The Morgan fingerprint density at radius 2 is 1.91 bits per heavy atom. The molecule has 0 fully saturated rings. The number of hydrogen-bond donors (Lipinski definition) is 0. The summed E-state index contributed by atoms with van der Waals surface area (Å²) < 4.78 is 11.8. The van der Waals surface area contributed by atoms with Crippen molar-refractivity contribution < 1.29 is 13.9 Å². The first kappa shape index (κ1) is 15.5. The minimum absolute atomic E-state index is 0.0582. The first-order valence-electron chi connectivity index (χ1n) is 6.99. The second-order valence-corrected chi connectivity index (χ2v) is 6.04. The third-order valence-electron chi connectivity index (χ3n) is 3.31. The molecular weight excluding hydrogens is 360 g/mol. The number of rotatable bonds is 4. The predicted octanol–water partition coefficient (Wildman–Crippen LogP) is 4.19. The van der Waals surface area contributed by atoms with Crippen molar-refractivity contribution >= 4 is 32.7 Å². The molecule has 23 heavy (non-hydrogen) atoms. The average molecular weight is 373 g/mol. The summed E-state index contributed by atoms with van der Waals surface area (Å²) in [5, 5.41) is 0.739. The Morgan fingerprint density at radius 1 is 1.17 bits per heavy atom. The molecule has 116 valence electrons. The molecule has 0 saturated carbocycles. The zero-order valence-electron chi connectivity index (χ0n) is 12.3. The van der Waals surface area contributed by atoms with Crippen LogP contribution in [0.5, 0.6) is 5.75 Å². The highest BCUT2D eigenvalue weighted by Crippen LogP contribution is 2.28. The van der Waals surface area contributed by atoms with Gasteiger partial charge in [-0.05, 0) is 36.8 Å². The van der Waals surface area contributed by atoms with Crippen molar-refractivity contribution in [2.24, 2.45) is 0 Å². The molecule has 0 amide bonds. The Bertz CT molecular complexity index is 926. The molecule has 0 bridgehead atoms. The number of benzene rings is 2. The van der Waals surface area contributed by atoms with Crippen LogP contribution in [0, 0.1) is 0 Å². The van der Waals surface area contributed by atoms with Gasteiger partial charge in [0.1, 0.15) is 6.61 Å². The summed E-state index contributed by atoms with van der Waals surface area (Å²) in [7, 11) is 0. The summed E-state index contributed by atoms with van der Waals surface area (Å²) in [5.74, 6) is 0.285. The van der Waals surface area contributed by atoms with E-state index in [1.807, 2.05) is 30.3 Å². The summed E-state index contributed by atoms with van der Waals surface area (Å²) in [4.78, 5) is 23.4. The van der Waals surface area contributed by atoms with Crippen LogP contribution >= 0.6 is 15.9 Å². The number of hydrogen-bond acceptors (Lipinski definition) is 4. The smallest absolute Gasteiger partial charge is 0.344 e. The average Bonchev–Trinajstić information content (AvgIpc) is 2.53. The van der Waals surface area contributed by atoms with E-state index in [-0.39, 0.29) is 12.4 Å². The number of carbonyl (C=O) groups is 1. The van der Waals surface area contributed by atoms with E-state index in [9.17, 15) is 9.59 Å². The SMILES string of the molecule is CC(=O)COc1cccc2cc(-c3ccc(Br)cc3)c(=O)oc12. The third-order valence-corrected chi connectivity index (χ3v) is 3.84. The second kappa shape index (κ2) is 6.38. The molecule has 5 heteroatoms. The van der Waals surface area contributed by atoms with Crippen molar-refractivity contribution in [2.45, 2.75) is 6.92 Å². The zero-order valence-corrected chi connectivity index (χ0v) is 13.9. The minimum Gasteiger partial charge on any atom is -0.482 e. The number of ether oxygens (including phenoxy) is 1. The fraction of sp³-hybridized carbons (Fsp3) is 0.111. The lowest BCUT2D eigenvalue weighted by Gasteiger charge is -2.08. The monoisotopic (exact) mass is 372 g/mol. The molecule has 4 nitrogen and oxygen atoms in total. The maximum absolute atomic E-state index is 12.3. The van der Waals surface area contributed by atoms with Crippen molar-refractivity contribution in [3.05, 3.63) is 63.4 Å². The molecule has 0 unspecified atom stereocenters. The van der Waals surface area contributed by atoms with E-state index in [4.69, 9.17) is 9.15 Å². The lowest BCUT2D eigenvalue weighted by atomic mass is 10.1. The van der Waals surface area contributed by atoms with Gasteiger partial charge in [0.25, 0.3) is 0 Å². The Morgan fingerprint density at radius 3 is 2.61 bits per heavy atom. The molecule has 1 heterocycles. The van der Waals surface area contributed by atoms with E-state index in [2.05, 4.69) is 15.9 Å². The van der Waals surface area contributed by atoms with Gasteiger partial charge < -0.3 is 9.15 Å². The molecule has 0 radical (unpaired) electrons. The van der Waals surface area contributed by atoms with Crippen molar-refractivity contribution in [3.8, 4) is 16.9 Å². The van der Waals surface area contributed by atoms with E-state index in [1.165, 1.54) is 6.92 Å². The van der Waals surface area contributed by atoms with Gasteiger partial charge in [0.15, 0.2) is 17.1 Å². The number of carbonyl (C=O) groups excluding carboxylic acids is 1. The number of fused-ring (bicyclic) bond motifs is 1. The normalized spacial score (nSPS) is 10.7. The van der Waals surface area contributed by atoms with Crippen molar-refractivity contribution in [1.29, 1.82) is 0 Å². The van der Waals surface area contributed by atoms with E-state index in [1.54, 1.807) is 18.2 Å². The standard InChI is InChI=1S/C18H13BrO4/c1-11(20)10-22-16-4-2-3-13-9-15(18(21)23-17(13)16)12-5-7-14(19)8-6-12/h2-9H,10H2,1H3. The molecule has 0 N–H and O–H groups in total. The first-order valence-corrected chi connectivity index (χ1v) is 7.79. The van der Waals surface area contributed by atoms with Gasteiger partial charge in [-0.15, -0.1) is 0 Å². The van der Waals surface area contributed by atoms with Crippen molar-refractivity contribution in [2.75, 3.05) is 6.61 Å². The number of Topliss-reactive ketones (excluding diaryl/α,β-unsaturated/α-hetero) is 1. The van der Waals surface area contributed by atoms with Gasteiger partial charge in [0, 0.05) is 9.86 Å². The molecule has 3 aromatic rings. The van der Waals surface area contributed by atoms with Crippen LogP contribution in [0.4, 0.5) is 0 Å². The van der Waals surface area contributed by atoms with Crippen LogP contribution in [-0.2, 0) is 4.79 Å². The van der Waals surface area contributed by atoms with Crippen molar-refractivity contribution in [1.82, 2.24) is 0 Å². The summed E-state index contributed by atoms with van der Waals surface area (Å²) in [6, 6.07) is 14.5. The lowest BCUT2D eigenvalue weighted by Crippen LogP contribution is -2.08. The minimum atomic E-state index is -0.446. The summed E-state index contributed by atoms with van der Waals surface area (Å²) in [5.41, 5.74) is 1.16. The van der Waals surface area contributed by atoms with Crippen LogP contribution in [0.1, 0.15) is 6.92 Å². The highest BCUT2D eigenvalue weighted by Gasteiger charge is 2.11. The fourth-order valence-corrected chi connectivity index (χ4v) is 2.51. The first-order chi connectivity index (χ1) is 11.0. The largest absolute Gasteiger partial charge is 0.482 e. The van der Waals surface area contributed by atoms with Gasteiger partial charge in [-0.1, -0.05) is 40.2 Å². The van der Waals surface area contributed by atoms with Crippen LogP contribution in [-0.4, -0.2) is 12.4 Å². The quantitative estimate of drug-likeness (QED) is 0.644. The molecule has 2 aromatic carbocycles. The maximum Gasteiger partial charge on any atom is 0.344 e. The van der Waals surface area contributed by atoms with Gasteiger partial charge >= 0.3 is 5.63 Å². The Labute approximate surface area is 140 Å². The van der Waals surface area contributed by atoms with Crippen LogP contribution in [0.25, 0.3) is 22.1 Å². The van der Waals surface area contributed by atoms with Crippen molar-refractivity contribution in [3.63, 3.8) is 0 Å². The molecule has 0 aliphatic rings. The van der Waals surface area contributed by atoms with Crippen LogP contribution in [0.15, 0.2) is 62.2 Å².